The summed E-state index contributed by atoms with van der Waals surface area (Å²) < 4.78 is 5.75. The van der Waals surface area contributed by atoms with E-state index in [1.165, 1.54) is 23.1 Å². The molecule has 70 valence electrons. The number of fused-ring (bicyclic) bond motifs is 1. The molecule has 0 aliphatic carbocycles. The highest BCUT2D eigenvalue weighted by molar-refractivity contribution is 5.46. The van der Waals surface area contributed by atoms with Crippen LogP contribution in [0, 0.1) is 19.8 Å². The maximum absolute atomic E-state index is 5.75. The van der Waals surface area contributed by atoms with Crippen LogP contribution in [0.4, 0.5) is 0 Å². The fourth-order valence-corrected chi connectivity index (χ4v) is 1.93. The lowest BCUT2D eigenvalue weighted by Crippen LogP contribution is -2.19. The summed E-state index contributed by atoms with van der Waals surface area (Å²) in [6.07, 6.45) is 1.17. The van der Waals surface area contributed by atoms with E-state index in [1.54, 1.807) is 0 Å². The molecule has 1 heteroatoms. The molecule has 0 aromatic heterocycles. The van der Waals surface area contributed by atoms with Crippen LogP contribution in [0.2, 0.25) is 0 Å². The van der Waals surface area contributed by atoms with Crippen molar-refractivity contribution in [3.63, 3.8) is 0 Å². The number of rotatable bonds is 0. The van der Waals surface area contributed by atoms with Gasteiger partial charge in [-0.05, 0) is 42.9 Å². The van der Waals surface area contributed by atoms with Crippen LogP contribution >= 0.6 is 0 Å². The van der Waals surface area contributed by atoms with Gasteiger partial charge < -0.3 is 4.74 Å². The maximum atomic E-state index is 5.75. The van der Waals surface area contributed by atoms with Crippen molar-refractivity contribution < 1.29 is 4.74 Å². The maximum Gasteiger partial charge on any atom is 0.125 e. The summed E-state index contributed by atoms with van der Waals surface area (Å²) in [6, 6.07) is 4.33. The Labute approximate surface area is 79.7 Å². The molecule has 13 heavy (non-hydrogen) atoms. The van der Waals surface area contributed by atoms with Gasteiger partial charge in [-0.1, -0.05) is 19.1 Å². The average Bonchev–Trinajstić information content (AvgIpc) is 2.12. The molecule has 1 nitrogen and oxygen atoms in total. The summed E-state index contributed by atoms with van der Waals surface area (Å²) in [4.78, 5) is 0. The molecule has 1 aromatic carbocycles. The minimum atomic E-state index is 0.660. The molecule has 0 bridgehead atoms. The van der Waals surface area contributed by atoms with E-state index in [9.17, 15) is 0 Å². The van der Waals surface area contributed by atoms with Gasteiger partial charge in [0.2, 0.25) is 0 Å². The van der Waals surface area contributed by atoms with Crippen molar-refractivity contribution in [2.75, 3.05) is 6.61 Å². The van der Waals surface area contributed by atoms with Crippen molar-refractivity contribution in [2.45, 2.75) is 27.2 Å². The predicted molar refractivity (Wildman–Crippen MR) is 54.3 cm³/mol. The van der Waals surface area contributed by atoms with Crippen LogP contribution in [-0.4, -0.2) is 6.61 Å². The van der Waals surface area contributed by atoms with Crippen molar-refractivity contribution in [3.05, 3.63) is 28.8 Å². The fourth-order valence-electron chi connectivity index (χ4n) is 1.93. The van der Waals surface area contributed by atoms with Gasteiger partial charge in [0, 0.05) is 0 Å². The minimum absolute atomic E-state index is 0.660. The summed E-state index contributed by atoms with van der Waals surface area (Å²) >= 11 is 0. The van der Waals surface area contributed by atoms with Crippen molar-refractivity contribution in [1.29, 1.82) is 0 Å². The average molecular weight is 176 g/mol. The first-order chi connectivity index (χ1) is 6.18. The molecular weight excluding hydrogens is 160 g/mol. The van der Waals surface area contributed by atoms with Gasteiger partial charge in [0.25, 0.3) is 0 Å². The Morgan fingerprint density at radius 2 is 1.92 bits per heavy atom. The summed E-state index contributed by atoms with van der Waals surface area (Å²) in [7, 11) is 0. The second-order valence-corrected chi connectivity index (χ2v) is 4.13. The first-order valence-electron chi connectivity index (χ1n) is 4.90. The standard InChI is InChI=1S/C12H16O/c1-8-6-11-9(2)4-5-10(3)12(11)13-7-8/h4-5,8H,6-7H2,1-3H3. The van der Waals surface area contributed by atoms with Crippen molar-refractivity contribution >= 4 is 0 Å². The smallest absolute Gasteiger partial charge is 0.125 e. The molecule has 0 saturated carbocycles. The Balaban J connectivity index is 2.51. The van der Waals surface area contributed by atoms with Gasteiger partial charge in [0.15, 0.2) is 0 Å². The zero-order valence-electron chi connectivity index (χ0n) is 8.55. The van der Waals surface area contributed by atoms with E-state index in [0.29, 0.717) is 5.92 Å². The molecule has 1 aliphatic heterocycles. The molecule has 0 saturated heterocycles. The molecule has 1 atom stereocenters. The van der Waals surface area contributed by atoms with Crippen LogP contribution in [0.5, 0.6) is 5.75 Å². The number of ether oxygens (including phenoxy) is 1. The Hall–Kier alpha value is -0.980. The van der Waals surface area contributed by atoms with E-state index in [-0.39, 0.29) is 0 Å². The molecule has 1 aliphatic rings. The summed E-state index contributed by atoms with van der Waals surface area (Å²) in [5.41, 5.74) is 4.05. The van der Waals surface area contributed by atoms with E-state index >= 15 is 0 Å². The second kappa shape index (κ2) is 3.06. The SMILES string of the molecule is Cc1ccc(C)c2c1CC(C)CO2. The molecule has 2 rings (SSSR count). The van der Waals surface area contributed by atoms with Crippen molar-refractivity contribution in [1.82, 2.24) is 0 Å². The molecule has 0 amide bonds. The second-order valence-electron chi connectivity index (χ2n) is 4.13. The molecule has 0 radical (unpaired) electrons. The third kappa shape index (κ3) is 1.43. The summed E-state index contributed by atoms with van der Waals surface area (Å²) in [6.45, 7) is 7.40. The minimum Gasteiger partial charge on any atom is -0.493 e. The van der Waals surface area contributed by atoms with Gasteiger partial charge in [-0.25, -0.2) is 0 Å². The van der Waals surface area contributed by atoms with Gasteiger partial charge in [-0.3, -0.25) is 0 Å². The number of hydrogen-bond donors (Lipinski definition) is 0. The lowest BCUT2D eigenvalue weighted by molar-refractivity contribution is 0.232. The van der Waals surface area contributed by atoms with E-state index < -0.39 is 0 Å². The van der Waals surface area contributed by atoms with Crippen LogP contribution in [0.1, 0.15) is 23.6 Å². The molecular formula is C12H16O. The van der Waals surface area contributed by atoms with Crippen molar-refractivity contribution in [3.8, 4) is 5.75 Å². The van der Waals surface area contributed by atoms with Crippen LogP contribution in [0.3, 0.4) is 0 Å². The largest absolute Gasteiger partial charge is 0.493 e. The van der Waals surface area contributed by atoms with Gasteiger partial charge in [0.1, 0.15) is 5.75 Å². The highest BCUT2D eigenvalue weighted by Gasteiger charge is 2.19. The number of aryl methyl sites for hydroxylation is 2. The third-order valence-electron chi connectivity index (χ3n) is 2.76. The monoisotopic (exact) mass is 176 g/mol. The normalized spacial score (nSPS) is 20.7. The van der Waals surface area contributed by atoms with Gasteiger partial charge >= 0.3 is 0 Å². The van der Waals surface area contributed by atoms with Gasteiger partial charge in [-0.2, -0.15) is 0 Å². The number of hydrogen-bond acceptors (Lipinski definition) is 1. The lowest BCUT2D eigenvalue weighted by atomic mass is 9.93. The third-order valence-corrected chi connectivity index (χ3v) is 2.76. The summed E-state index contributed by atoms with van der Waals surface area (Å²) in [5, 5.41) is 0. The van der Waals surface area contributed by atoms with Gasteiger partial charge in [0.05, 0.1) is 6.61 Å². The zero-order chi connectivity index (χ0) is 9.42. The Bertz CT molecular complexity index is 328. The molecule has 0 fully saturated rings. The van der Waals surface area contributed by atoms with Crippen LogP contribution in [0.25, 0.3) is 0 Å². The van der Waals surface area contributed by atoms with Crippen LogP contribution in [-0.2, 0) is 6.42 Å². The van der Waals surface area contributed by atoms with E-state index in [4.69, 9.17) is 4.74 Å². The lowest BCUT2D eigenvalue weighted by Gasteiger charge is -2.25. The predicted octanol–water partition coefficient (Wildman–Crippen LogP) is 2.87. The Morgan fingerprint density at radius 1 is 1.23 bits per heavy atom. The summed E-state index contributed by atoms with van der Waals surface area (Å²) in [5.74, 6) is 1.80. The van der Waals surface area contributed by atoms with Crippen molar-refractivity contribution in [2.24, 2.45) is 5.92 Å². The quantitative estimate of drug-likeness (QED) is 0.590. The first kappa shape index (κ1) is 8.61. The molecule has 1 heterocycles. The first-order valence-corrected chi connectivity index (χ1v) is 4.90. The highest BCUT2D eigenvalue weighted by atomic mass is 16.5. The van der Waals surface area contributed by atoms with E-state index in [2.05, 4.69) is 32.9 Å². The Kier molecular flexibility index (Phi) is 2.03. The number of benzene rings is 1. The molecule has 1 aromatic rings. The van der Waals surface area contributed by atoms with E-state index in [0.717, 1.165) is 12.4 Å². The van der Waals surface area contributed by atoms with Gasteiger partial charge in [-0.15, -0.1) is 0 Å². The molecule has 1 unspecified atom stereocenters. The molecule has 0 N–H and O–H groups in total. The van der Waals surface area contributed by atoms with E-state index in [1.807, 2.05) is 0 Å². The zero-order valence-corrected chi connectivity index (χ0v) is 8.55. The van der Waals surface area contributed by atoms with Crippen LogP contribution in [0.15, 0.2) is 12.1 Å². The Morgan fingerprint density at radius 3 is 2.69 bits per heavy atom. The molecule has 0 spiro atoms. The highest BCUT2D eigenvalue weighted by Crippen LogP contribution is 2.32. The topological polar surface area (TPSA) is 9.23 Å². The fraction of sp³-hybridized carbons (Fsp3) is 0.500. The van der Waals surface area contributed by atoms with Crippen LogP contribution < -0.4 is 4.74 Å².